The van der Waals surface area contributed by atoms with E-state index >= 15 is 0 Å². The number of aliphatic hydroxyl groups excluding tert-OH is 1. The maximum atomic E-state index is 9.60. The largest absolute Gasteiger partial charge is 0.693 e. The molecule has 16 heteroatoms. The minimum atomic E-state index is -0.711. The number of aliphatic hydroxyl groups is 1. The third-order valence-electron chi connectivity index (χ3n) is 0.699. The van der Waals surface area contributed by atoms with Crippen LogP contribution < -0.4 is 23.9 Å². The Balaban J connectivity index is -0.00000000599. The molecule has 0 spiro atoms. The van der Waals surface area contributed by atoms with Gasteiger partial charge in [0.2, 0.25) is 0 Å². The van der Waals surface area contributed by atoms with Crippen LogP contribution in [0.4, 0.5) is 4.79 Å². The summed E-state index contributed by atoms with van der Waals surface area (Å²) >= 11 is 9.54. The van der Waals surface area contributed by atoms with Gasteiger partial charge in [0.1, 0.15) is 6.03 Å². The van der Waals surface area contributed by atoms with Crippen molar-refractivity contribution in [2.45, 2.75) is 139 Å². The van der Waals surface area contributed by atoms with Gasteiger partial charge in [-0.05, 0) is 6.54 Å². The maximum Gasteiger partial charge on any atom is 0.0194 e. The molecule has 282 valence electrons. The first-order chi connectivity index (χ1) is 17.6. The van der Waals surface area contributed by atoms with E-state index in [1.54, 1.807) is 6.92 Å². The molecule has 6 N–H and O–H groups in total. The summed E-state index contributed by atoms with van der Waals surface area (Å²) in [4.78, 5) is 9.60. The van der Waals surface area contributed by atoms with Crippen molar-refractivity contribution in [3.63, 3.8) is 0 Å². The fraction of sp³-hybridized carbons (Fsp3) is 0.885. The van der Waals surface area contributed by atoms with Crippen LogP contribution in [0.5, 0.6) is 0 Å². The van der Waals surface area contributed by atoms with E-state index in [0.29, 0.717) is 19.8 Å². The molecule has 0 saturated heterocycles. The fourth-order valence-electron chi connectivity index (χ4n) is 0.272. The number of carbonyl (C=O) groups is 1. The molecule has 0 rings (SSSR count). The first kappa shape index (κ1) is 134. The molecule has 0 atom stereocenters. The summed E-state index contributed by atoms with van der Waals surface area (Å²) in [6.45, 7) is 37.2. The molecule has 0 aromatic carbocycles. The molecule has 2 amide bonds. The Labute approximate surface area is 426 Å². The van der Waals surface area contributed by atoms with Gasteiger partial charge in [-0.25, -0.2) is 0 Å². The summed E-state index contributed by atoms with van der Waals surface area (Å²) in [7, 11) is 2.50. The molecule has 2 radical (unpaired) electrons. The van der Waals surface area contributed by atoms with Crippen LogP contribution in [0, 0.1) is 14.9 Å². The number of hydrogen-bond donors (Lipinski definition) is 3. The van der Waals surface area contributed by atoms with Crippen LogP contribution >= 0.6 is 98.4 Å². The molecule has 0 saturated carbocycles. The third kappa shape index (κ3) is 683. The molecular formula is C26H81I6N4O2W2Y2-5. The Morgan fingerprint density at radius 3 is 0.857 bits per heavy atom. The van der Waals surface area contributed by atoms with E-state index in [2.05, 4.69) is 85.1 Å². The number of rotatable bonds is 3. The Hall–Kier alpha value is 7.11. The average molecular weight is 1790 g/mol. The molecule has 0 aliphatic carbocycles. The van der Waals surface area contributed by atoms with E-state index in [1.807, 2.05) is 118 Å². The van der Waals surface area contributed by atoms with Gasteiger partial charge in [0.25, 0.3) is 0 Å². The number of urea groups is 1. The van der Waals surface area contributed by atoms with Gasteiger partial charge < -0.3 is 37.2 Å². The summed E-state index contributed by atoms with van der Waals surface area (Å²) in [6, 6.07) is -0.711. The van der Waals surface area contributed by atoms with E-state index < -0.39 is 6.03 Å². The van der Waals surface area contributed by atoms with Crippen LogP contribution in [0.25, 0.3) is 11.9 Å². The standard InChI is InChI=1S/C3H8N2O.C3H9NO.8C2H6.2CH4.2CH3.I3.I2.HI.H2N.2W.2Y/c1-2-5-3(4)6;1-2-4-3-5;8*1-2;;;;;1-3-2;1-2;;;;;;/h2H2,1H3,(H3,4,5,6);4-5H,2-3H2,1H3;8*1-2H3;2*1H4;2*1H3;;;1H;1H2;;;;/q;;;;;;;;;;;;3*-1;;;-1;;;;/p-1/i;;;;;;;;;;2*1T;;;;;;;;;;. The fourth-order valence-corrected chi connectivity index (χ4v) is 0.272. The van der Waals surface area contributed by atoms with Gasteiger partial charge in [0, 0.05) is 148 Å². The summed E-state index contributed by atoms with van der Waals surface area (Å²) in [5, 5.41) is 12.9. The van der Waals surface area contributed by atoms with Gasteiger partial charge in [0.05, 0.1) is 6.73 Å². The number of nitrogens with one attached hydrogen (secondary N) is 3. The Morgan fingerprint density at radius 2 is 0.857 bits per heavy atom. The molecule has 0 aromatic heterocycles. The number of halogens is 6. The number of amides is 2. The number of hydrogen-bond acceptors (Lipinski definition) is 3. The van der Waals surface area contributed by atoms with Gasteiger partial charge in [-0.3, -0.25) is 10.1 Å². The molecule has 0 heterocycles. The van der Waals surface area contributed by atoms with Gasteiger partial charge in [-0.2, -0.15) is 0 Å². The average Bonchev–Trinajstić information content (AvgIpc) is 3.01. The van der Waals surface area contributed by atoms with Crippen LogP contribution in [0.3, 0.4) is 0 Å². The Bertz CT molecular complexity index is 167. The smallest absolute Gasteiger partial charge is 0.0194 e. The van der Waals surface area contributed by atoms with Gasteiger partial charge in [0.15, 0.2) is 0 Å². The van der Waals surface area contributed by atoms with Gasteiger partial charge in [-0.15, -0.1) is 24.0 Å². The SMILES string of the molecule is CC.CC.CC.CC.CC.CC.CC.CC.CCNC([NH-])=O.CCNCO.I.II.I[I-]I.[3H]C.[3H]C.[CH3-].[CH3-].[NH2-].[W].[W].[Y].[Y]. The van der Waals surface area contributed by atoms with Gasteiger partial charge in [-0.1, -0.05) is 146 Å². The number of carbonyl (C=O) groups excluding carboxylic acids is 1. The zero-order valence-electron chi connectivity index (χ0n) is 33.8. The van der Waals surface area contributed by atoms with Crippen molar-refractivity contribution in [3.05, 3.63) is 26.7 Å². The predicted octanol–water partition coefficient (Wildman–Crippen LogP) is 12.6. The van der Waals surface area contributed by atoms with Crippen molar-refractivity contribution < 1.29 is 133 Å². The van der Waals surface area contributed by atoms with Crippen molar-refractivity contribution in [1.82, 2.24) is 10.6 Å². The summed E-state index contributed by atoms with van der Waals surface area (Å²) in [5.74, 6) is 0. The maximum absolute atomic E-state index is 9.60. The second-order valence-electron chi connectivity index (χ2n) is 1.68. The Morgan fingerprint density at radius 1 is 0.714 bits per heavy atom. The van der Waals surface area contributed by atoms with Crippen LogP contribution in [0.15, 0.2) is 0 Å². The predicted molar refractivity (Wildman–Crippen MR) is 238 cm³/mol. The van der Waals surface area contributed by atoms with Crippen molar-refractivity contribution in [2.24, 2.45) is 0 Å². The van der Waals surface area contributed by atoms with E-state index in [-0.39, 0.29) is 159 Å². The molecule has 0 bridgehead atoms. The molecule has 42 heavy (non-hydrogen) atoms. The van der Waals surface area contributed by atoms with Gasteiger partial charge >= 0.3 is 50.5 Å². The van der Waals surface area contributed by atoms with Crippen molar-refractivity contribution in [3.8, 4) is 0 Å². The summed E-state index contributed by atoms with van der Waals surface area (Å²) in [6.07, 6.45) is 0. The minimum absolute atomic E-state index is 0. The quantitative estimate of drug-likeness (QED) is 0.148. The second kappa shape index (κ2) is 411. The molecule has 6 nitrogen and oxygen atoms in total. The molecule has 0 aliphatic heterocycles. The van der Waals surface area contributed by atoms with Crippen LogP contribution in [0.2, 0.25) is 0 Å². The van der Waals surface area contributed by atoms with E-state index in [1.165, 1.54) is 14.8 Å². The zero-order valence-corrected chi connectivity index (χ0v) is 56.5. The molecule has 0 unspecified atom stereocenters. The zero-order chi connectivity index (χ0) is 33.8. The second-order valence-corrected chi connectivity index (χ2v) is 17.9. The molecule has 0 aliphatic rings. The topological polar surface area (TPSA) is 119 Å². The first-order valence-electron chi connectivity index (χ1n) is 13.9. The summed E-state index contributed by atoms with van der Waals surface area (Å²) < 4.78 is 11.5. The Kier molecular flexibility index (Phi) is 1310. The molecule has 0 fully saturated rings. The van der Waals surface area contributed by atoms with Crippen LogP contribution in [-0.4, -0.2) is 31.0 Å². The third-order valence-corrected chi connectivity index (χ3v) is 0.699. The van der Waals surface area contributed by atoms with Crippen molar-refractivity contribution in [1.29, 1.82) is 0 Å². The van der Waals surface area contributed by atoms with E-state index in [0.717, 1.165) is 6.54 Å². The van der Waals surface area contributed by atoms with Crippen molar-refractivity contribution >= 4 is 104 Å². The molecule has 0 aromatic rings. The number of nitrogens with two attached hydrogens (primary N) is 1. The van der Waals surface area contributed by atoms with E-state index in [9.17, 15) is 4.79 Å². The van der Waals surface area contributed by atoms with E-state index in [4.69, 9.17) is 13.6 Å². The summed E-state index contributed by atoms with van der Waals surface area (Å²) in [5.41, 5.74) is 6.23. The molecular weight excluding hydrogens is 1710 g/mol. The van der Waals surface area contributed by atoms with Crippen LogP contribution in [0.1, 0.15) is 142 Å². The minimum Gasteiger partial charge on any atom is -0.693 e. The normalized spacial score (nSPS) is 4.21. The van der Waals surface area contributed by atoms with Crippen molar-refractivity contribution in [2.75, 3.05) is 19.8 Å². The first-order valence-corrected chi connectivity index (χ1v) is 30.8. The monoisotopic (exact) mass is 1790 g/mol. The van der Waals surface area contributed by atoms with Crippen LogP contribution in [-0.2, 0) is 108 Å².